The van der Waals surface area contributed by atoms with Crippen molar-refractivity contribution in [2.24, 2.45) is 7.05 Å². The van der Waals surface area contributed by atoms with E-state index in [0.717, 1.165) is 27.5 Å². The average molecular weight is 454 g/mol. The number of rotatable bonds is 2. The summed E-state index contributed by atoms with van der Waals surface area (Å²) >= 11 is 0. The number of ether oxygens (including phenoxy) is 1. The number of H-pyrrole nitrogens is 1. The number of nitrogens with zero attached hydrogens (tertiary/aromatic N) is 2. The van der Waals surface area contributed by atoms with Crippen molar-refractivity contribution in [1.29, 1.82) is 0 Å². The van der Waals surface area contributed by atoms with Gasteiger partial charge in [0.2, 0.25) is 5.91 Å². The van der Waals surface area contributed by atoms with Gasteiger partial charge in [-0.1, -0.05) is 6.07 Å². The highest BCUT2D eigenvalue weighted by molar-refractivity contribution is 6.11. The van der Waals surface area contributed by atoms with Crippen molar-refractivity contribution in [3.63, 3.8) is 0 Å². The number of anilines is 1. The van der Waals surface area contributed by atoms with Crippen LogP contribution in [0.25, 0.3) is 21.8 Å². The number of amides is 2. The van der Waals surface area contributed by atoms with Crippen LogP contribution in [-0.4, -0.2) is 39.9 Å². The van der Waals surface area contributed by atoms with Gasteiger partial charge < -0.3 is 19.6 Å². The van der Waals surface area contributed by atoms with Gasteiger partial charge in [0.1, 0.15) is 5.75 Å². The molecule has 170 valence electrons. The highest BCUT2D eigenvalue weighted by atomic mass is 16.5. The van der Waals surface area contributed by atoms with Gasteiger partial charge >= 0.3 is 0 Å². The maximum Gasteiger partial charge on any atom is 0.259 e. The second kappa shape index (κ2) is 7.08. The molecule has 0 aliphatic carbocycles. The summed E-state index contributed by atoms with van der Waals surface area (Å²) in [6.07, 6.45) is 1.97. The van der Waals surface area contributed by atoms with Crippen molar-refractivity contribution < 1.29 is 14.3 Å². The SMILES string of the molecule is COc1ccc2cc([C@@H]3C4=C(CN(C(C)=O)C4=O)Nc4cccc5c4c3cn5C)c(=O)[nH]c2c1. The van der Waals surface area contributed by atoms with E-state index in [-0.39, 0.29) is 23.9 Å². The summed E-state index contributed by atoms with van der Waals surface area (Å²) in [5.41, 5.74) is 4.58. The predicted octanol–water partition coefficient (Wildman–Crippen LogP) is 3.23. The third-order valence-corrected chi connectivity index (χ3v) is 6.82. The van der Waals surface area contributed by atoms with Gasteiger partial charge in [-0.05, 0) is 41.3 Å². The fourth-order valence-corrected chi connectivity index (χ4v) is 5.23. The summed E-state index contributed by atoms with van der Waals surface area (Å²) in [5, 5.41) is 5.19. The smallest absolute Gasteiger partial charge is 0.259 e. The number of aromatic amines is 1. The molecule has 8 heteroatoms. The molecule has 4 heterocycles. The van der Waals surface area contributed by atoms with Gasteiger partial charge in [-0.15, -0.1) is 0 Å². The predicted molar refractivity (Wildman–Crippen MR) is 129 cm³/mol. The summed E-state index contributed by atoms with van der Waals surface area (Å²) in [6.45, 7) is 1.53. The Bertz CT molecular complexity index is 1640. The fourth-order valence-electron chi connectivity index (χ4n) is 5.23. The van der Waals surface area contributed by atoms with E-state index in [1.54, 1.807) is 13.2 Å². The molecule has 2 N–H and O–H groups in total. The van der Waals surface area contributed by atoms with Crippen LogP contribution in [0.4, 0.5) is 5.69 Å². The number of nitrogens with one attached hydrogen (secondary N) is 2. The molecule has 0 unspecified atom stereocenters. The zero-order valence-electron chi connectivity index (χ0n) is 18.9. The molecule has 2 aliphatic heterocycles. The van der Waals surface area contributed by atoms with Crippen molar-refractivity contribution in [3.05, 3.63) is 81.4 Å². The van der Waals surface area contributed by atoms with Crippen LogP contribution in [0.2, 0.25) is 0 Å². The molecule has 34 heavy (non-hydrogen) atoms. The second-order valence-electron chi connectivity index (χ2n) is 8.76. The van der Waals surface area contributed by atoms with Gasteiger partial charge in [0, 0.05) is 54.5 Å². The van der Waals surface area contributed by atoms with Crippen molar-refractivity contribution in [2.45, 2.75) is 12.8 Å². The number of benzene rings is 2. The molecule has 0 saturated carbocycles. The van der Waals surface area contributed by atoms with E-state index in [1.165, 1.54) is 11.8 Å². The van der Waals surface area contributed by atoms with E-state index in [1.807, 2.05) is 54.2 Å². The zero-order valence-corrected chi connectivity index (χ0v) is 18.9. The molecule has 0 bridgehead atoms. The average Bonchev–Trinajstić information content (AvgIpc) is 3.27. The Morgan fingerprint density at radius 3 is 2.71 bits per heavy atom. The molecule has 2 aromatic carbocycles. The van der Waals surface area contributed by atoms with Crippen molar-refractivity contribution in [3.8, 4) is 5.75 Å². The minimum Gasteiger partial charge on any atom is -0.497 e. The molecule has 0 saturated heterocycles. The number of carbonyl (C=O) groups excluding carboxylic acids is 2. The van der Waals surface area contributed by atoms with E-state index in [9.17, 15) is 14.4 Å². The van der Waals surface area contributed by atoms with Crippen molar-refractivity contribution >= 4 is 39.3 Å². The first-order valence-corrected chi connectivity index (χ1v) is 11.0. The summed E-state index contributed by atoms with van der Waals surface area (Å²) in [5.74, 6) is -0.702. The third kappa shape index (κ3) is 2.75. The lowest BCUT2D eigenvalue weighted by Gasteiger charge is -2.19. The quantitative estimate of drug-likeness (QED) is 0.485. The molecule has 4 aromatic rings. The first-order chi connectivity index (χ1) is 16.4. The number of carbonyl (C=O) groups is 2. The van der Waals surface area contributed by atoms with E-state index < -0.39 is 5.92 Å². The Morgan fingerprint density at radius 1 is 1.12 bits per heavy atom. The van der Waals surface area contributed by atoms with Crippen LogP contribution < -0.4 is 15.6 Å². The number of imide groups is 1. The number of pyridine rings is 1. The molecule has 0 spiro atoms. The van der Waals surface area contributed by atoms with Crippen LogP contribution in [0, 0.1) is 0 Å². The Hall–Kier alpha value is -4.33. The van der Waals surface area contributed by atoms with Gasteiger partial charge in [-0.2, -0.15) is 0 Å². The van der Waals surface area contributed by atoms with E-state index in [0.29, 0.717) is 28.1 Å². The molecule has 6 rings (SSSR count). The molecule has 2 aliphatic rings. The van der Waals surface area contributed by atoms with Crippen molar-refractivity contribution in [2.75, 3.05) is 19.0 Å². The van der Waals surface area contributed by atoms with Crippen LogP contribution in [0.1, 0.15) is 24.0 Å². The van der Waals surface area contributed by atoms with Gasteiger partial charge in [0.15, 0.2) is 0 Å². The lowest BCUT2D eigenvalue weighted by Crippen LogP contribution is -2.33. The Morgan fingerprint density at radius 2 is 1.94 bits per heavy atom. The summed E-state index contributed by atoms with van der Waals surface area (Å²) in [7, 11) is 3.52. The summed E-state index contributed by atoms with van der Waals surface area (Å²) in [4.78, 5) is 43.4. The van der Waals surface area contributed by atoms with Gasteiger partial charge in [-0.3, -0.25) is 19.3 Å². The standard InChI is InChI=1S/C26H22N4O4/c1-13(31)30-12-20-24(26(30)33)22(17-11-29(2)21-6-4-5-18(27-20)23(17)21)16-9-14-7-8-15(34-3)10-19(14)28-25(16)32/h4-11,22,27H,12H2,1-3H3,(H,28,32)/t22-/m0/s1. The minimum absolute atomic E-state index is 0.148. The lowest BCUT2D eigenvalue weighted by molar-refractivity contribution is -0.139. The van der Waals surface area contributed by atoms with Crippen LogP contribution in [0.3, 0.4) is 0 Å². The monoisotopic (exact) mass is 454 g/mol. The Balaban J connectivity index is 1.67. The minimum atomic E-state index is -0.637. The molecule has 8 nitrogen and oxygen atoms in total. The van der Waals surface area contributed by atoms with Crippen LogP contribution in [-0.2, 0) is 16.6 Å². The highest BCUT2D eigenvalue weighted by Crippen LogP contribution is 2.45. The Labute approximate surface area is 194 Å². The molecule has 2 aromatic heterocycles. The Kier molecular flexibility index (Phi) is 4.23. The van der Waals surface area contributed by atoms with Gasteiger partial charge in [-0.25, -0.2) is 0 Å². The maximum absolute atomic E-state index is 13.5. The number of aryl methyl sites for hydroxylation is 1. The molecule has 0 fully saturated rings. The van der Waals surface area contributed by atoms with Gasteiger partial charge in [0.05, 0.1) is 30.3 Å². The number of methoxy groups -OCH3 is 1. The number of aromatic nitrogens is 2. The van der Waals surface area contributed by atoms with Crippen LogP contribution >= 0.6 is 0 Å². The van der Waals surface area contributed by atoms with E-state index >= 15 is 0 Å². The van der Waals surface area contributed by atoms with Crippen LogP contribution in [0.15, 0.2) is 64.7 Å². The maximum atomic E-state index is 13.5. The summed E-state index contributed by atoms with van der Waals surface area (Å²) in [6, 6.07) is 13.2. The largest absolute Gasteiger partial charge is 0.497 e. The number of hydrogen-bond donors (Lipinski definition) is 2. The third-order valence-electron chi connectivity index (χ3n) is 6.82. The zero-order chi connectivity index (χ0) is 23.7. The molecular formula is C26H22N4O4. The van der Waals surface area contributed by atoms with Gasteiger partial charge in [0.25, 0.3) is 11.5 Å². The van der Waals surface area contributed by atoms with E-state index in [2.05, 4.69) is 10.3 Å². The topological polar surface area (TPSA) is 96.4 Å². The molecule has 2 amide bonds. The van der Waals surface area contributed by atoms with Crippen molar-refractivity contribution in [1.82, 2.24) is 14.5 Å². The van der Waals surface area contributed by atoms with E-state index in [4.69, 9.17) is 4.74 Å². The molecule has 0 radical (unpaired) electrons. The number of hydrogen-bond acceptors (Lipinski definition) is 5. The lowest BCUT2D eigenvalue weighted by atomic mass is 9.84. The molecular weight excluding hydrogens is 432 g/mol. The second-order valence-corrected chi connectivity index (χ2v) is 8.76. The highest BCUT2D eigenvalue weighted by Gasteiger charge is 2.42. The number of fused-ring (bicyclic) bond motifs is 1. The normalized spacial score (nSPS) is 17.2. The first-order valence-electron chi connectivity index (χ1n) is 11.0. The first kappa shape index (κ1) is 20.3. The van der Waals surface area contributed by atoms with Crippen LogP contribution in [0.5, 0.6) is 5.75 Å². The summed E-state index contributed by atoms with van der Waals surface area (Å²) < 4.78 is 7.28. The fraction of sp³-hybridized carbons (Fsp3) is 0.192. The molecule has 1 atom stereocenters.